The Labute approximate surface area is 79.9 Å². The summed E-state index contributed by atoms with van der Waals surface area (Å²) in [6.07, 6.45) is 9.53. The zero-order valence-electron chi connectivity index (χ0n) is 7.96. The molecule has 1 aliphatic carbocycles. The van der Waals surface area contributed by atoms with Crippen molar-refractivity contribution >= 4 is 11.8 Å². The topological polar surface area (TPSA) is 20.2 Å². The van der Waals surface area contributed by atoms with Crippen molar-refractivity contribution in [1.29, 1.82) is 0 Å². The number of thioether (sulfide) groups is 1. The fourth-order valence-electron chi connectivity index (χ4n) is 2.01. The summed E-state index contributed by atoms with van der Waals surface area (Å²) in [5.41, 5.74) is 0. The first kappa shape index (κ1) is 10.4. The third-order valence-corrected chi connectivity index (χ3v) is 3.49. The minimum atomic E-state index is -0.000324. The second kappa shape index (κ2) is 5.87. The molecule has 0 spiro atoms. The summed E-state index contributed by atoms with van der Waals surface area (Å²) in [5.74, 6) is 1.83. The Kier molecular flexibility index (Phi) is 5.08. The number of hydrogen-bond acceptors (Lipinski definition) is 2. The van der Waals surface area contributed by atoms with E-state index in [9.17, 15) is 5.11 Å². The van der Waals surface area contributed by atoms with E-state index >= 15 is 0 Å². The van der Waals surface area contributed by atoms with Crippen LogP contribution in [0.15, 0.2) is 0 Å². The largest absolute Gasteiger partial charge is 0.393 e. The van der Waals surface area contributed by atoms with Crippen molar-refractivity contribution < 1.29 is 5.11 Å². The van der Waals surface area contributed by atoms with Gasteiger partial charge in [0, 0.05) is 0 Å². The van der Waals surface area contributed by atoms with Crippen LogP contribution in [0.25, 0.3) is 0 Å². The summed E-state index contributed by atoms with van der Waals surface area (Å²) in [7, 11) is 0. The van der Waals surface area contributed by atoms with E-state index in [-0.39, 0.29) is 6.10 Å². The summed E-state index contributed by atoms with van der Waals surface area (Å²) in [6, 6.07) is 0. The second-order valence-electron chi connectivity index (χ2n) is 3.75. The summed E-state index contributed by atoms with van der Waals surface area (Å²) in [5, 5.41) is 9.77. The van der Waals surface area contributed by atoms with Gasteiger partial charge in [-0.05, 0) is 43.6 Å². The molecule has 0 aromatic heterocycles. The molecule has 0 amide bonds. The van der Waals surface area contributed by atoms with E-state index in [1.807, 2.05) is 11.8 Å². The van der Waals surface area contributed by atoms with Gasteiger partial charge in [-0.1, -0.05) is 12.8 Å². The van der Waals surface area contributed by atoms with Gasteiger partial charge in [0.05, 0.1) is 6.10 Å². The minimum Gasteiger partial charge on any atom is -0.393 e. The van der Waals surface area contributed by atoms with Gasteiger partial charge in [0.15, 0.2) is 0 Å². The Bertz CT molecular complexity index is 110. The Morgan fingerprint density at radius 3 is 2.67 bits per heavy atom. The highest BCUT2D eigenvalue weighted by Gasteiger charge is 2.22. The molecule has 0 aromatic rings. The van der Waals surface area contributed by atoms with E-state index in [4.69, 9.17) is 0 Å². The zero-order chi connectivity index (χ0) is 8.81. The van der Waals surface area contributed by atoms with E-state index in [1.54, 1.807) is 0 Å². The van der Waals surface area contributed by atoms with Gasteiger partial charge >= 0.3 is 0 Å². The lowest BCUT2D eigenvalue weighted by Gasteiger charge is -2.16. The van der Waals surface area contributed by atoms with Gasteiger partial charge in [0.25, 0.3) is 0 Å². The summed E-state index contributed by atoms with van der Waals surface area (Å²) in [4.78, 5) is 0. The first-order valence-corrected chi connectivity index (χ1v) is 6.41. The van der Waals surface area contributed by atoms with Crippen LogP contribution >= 0.6 is 11.8 Å². The van der Waals surface area contributed by atoms with Crippen LogP contribution in [0.5, 0.6) is 0 Å². The first-order chi connectivity index (χ1) is 5.84. The molecule has 1 unspecified atom stereocenters. The maximum absolute atomic E-state index is 9.77. The van der Waals surface area contributed by atoms with Crippen molar-refractivity contribution in [2.75, 3.05) is 12.0 Å². The molecule has 0 aromatic carbocycles. The molecule has 0 saturated heterocycles. The molecule has 12 heavy (non-hydrogen) atoms. The quantitative estimate of drug-likeness (QED) is 0.669. The van der Waals surface area contributed by atoms with Crippen LogP contribution in [-0.4, -0.2) is 23.2 Å². The fourth-order valence-corrected chi connectivity index (χ4v) is 2.47. The lowest BCUT2D eigenvalue weighted by Crippen LogP contribution is -2.17. The average Bonchev–Trinajstić information content (AvgIpc) is 2.56. The first-order valence-electron chi connectivity index (χ1n) is 5.01. The van der Waals surface area contributed by atoms with E-state index in [0.29, 0.717) is 5.92 Å². The molecule has 0 aliphatic heterocycles. The van der Waals surface area contributed by atoms with Gasteiger partial charge in [-0.25, -0.2) is 0 Å². The molecule has 1 rings (SSSR count). The van der Waals surface area contributed by atoms with E-state index < -0.39 is 0 Å². The molecule has 1 N–H and O–H groups in total. The van der Waals surface area contributed by atoms with E-state index in [2.05, 4.69) is 6.26 Å². The Morgan fingerprint density at radius 2 is 2.08 bits per heavy atom. The summed E-state index contributed by atoms with van der Waals surface area (Å²) in [6.45, 7) is 0. The van der Waals surface area contributed by atoms with Crippen LogP contribution in [0.2, 0.25) is 0 Å². The standard InChI is InChI=1S/C10H20OS/c1-12-8-4-7-10(11)9-5-2-3-6-9/h9-11H,2-8H2,1H3. The Balaban J connectivity index is 2.05. The van der Waals surface area contributed by atoms with Crippen LogP contribution in [0, 0.1) is 5.92 Å². The molecule has 0 radical (unpaired) electrons. The van der Waals surface area contributed by atoms with Crippen LogP contribution < -0.4 is 0 Å². The van der Waals surface area contributed by atoms with Crippen molar-refractivity contribution in [1.82, 2.24) is 0 Å². The van der Waals surface area contributed by atoms with Gasteiger partial charge in [-0.2, -0.15) is 11.8 Å². The molecule has 1 nitrogen and oxygen atoms in total. The molecule has 1 saturated carbocycles. The number of aliphatic hydroxyl groups is 1. The number of aliphatic hydroxyl groups excluding tert-OH is 1. The van der Waals surface area contributed by atoms with Crippen LogP contribution in [0.3, 0.4) is 0 Å². The highest BCUT2D eigenvalue weighted by atomic mass is 32.2. The molecular weight excluding hydrogens is 168 g/mol. The van der Waals surface area contributed by atoms with Crippen molar-refractivity contribution in [3.63, 3.8) is 0 Å². The SMILES string of the molecule is CSCCCC(O)C1CCCC1. The molecule has 0 bridgehead atoms. The monoisotopic (exact) mass is 188 g/mol. The van der Waals surface area contributed by atoms with Gasteiger partial charge in [-0.3, -0.25) is 0 Å². The Morgan fingerprint density at radius 1 is 1.42 bits per heavy atom. The molecule has 2 heteroatoms. The average molecular weight is 188 g/mol. The zero-order valence-corrected chi connectivity index (χ0v) is 8.78. The normalized spacial score (nSPS) is 21.5. The predicted octanol–water partition coefficient (Wildman–Crippen LogP) is 2.68. The molecule has 1 atom stereocenters. The lowest BCUT2D eigenvalue weighted by atomic mass is 9.97. The van der Waals surface area contributed by atoms with Gasteiger partial charge in [0.2, 0.25) is 0 Å². The van der Waals surface area contributed by atoms with Crippen LogP contribution in [0.4, 0.5) is 0 Å². The highest BCUT2D eigenvalue weighted by Crippen LogP contribution is 2.29. The third kappa shape index (κ3) is 3.36. The maximum atomic E-state index is 9.77. The Hall–Kier alpha value is 0.310. The van der Waals surface area contributed by atoms with Crippen molar-refractivity contribution in [2.45, 2.75) is 44.6 Å². The number of rotatable bonds is 5. The van der Waals surface area contributed by atoms with Crippen molar-refractivity contribution in [2.24, 2.45) is 5.92 Å². The van der Waals surface area contributed by atoms with Gasteiger partial charge < -0.3 is 5.11 Å². The van der Waals surface area contributed by atoms with Crippen molar-refractivity contribution in [3.05, 3.63) is 0 Å². The molecule has 1 aliphatic rings. The molecule has 72 valence electrons. The molecule has 1 fully saturated rings. The fraction of sp³-hybridized carbons (Fsp3) is 1.00. The summed E-state index contributed by atoms with van der Waals surface area (Å²) < 4.78 is 0. The molecule has 0 heterocycles. The second-order valence-corrected chi connectivity index (χ2v) is 4.73. The predicted molar refractivity (Wildman–Crippen MR) is 55.6 cm³/mol. The van der Waals surface area contributed by atoms with E-state index in [1.165, 1.54) is 37.9 Å². The van der Waals surface area contributed by atoms with E-state index in [0.717, 1.165) is 6.42 Å². The van der Waals surface area contributed by atoms with Crippen molar-refractivity contribution in [3.8, 4) is 0 Å². The van der Waals surface area contributed by atoms with Gasteiger partial charge in [0.1, 0.15) is 0 Å². The van der Waals surface area contributed by atoms with Crippen LogP contribution in [0.1, 0.15) is 38.5 Å². The third-order valence-electron chi connectivity index (χ3n) is 2.79. The summed E-state index contributed by atoms with van der Waals surface area (Å²) >= 11 is 1.88. The van der Waals surface area contributed by atoms with Crippen LogP contribution in [-0.2, 0) is 0 Å². The smallest absolute Gasteiger partial charge is 0.0568 e. The van der Waals surface area contributed by atoms with Gasteiger partial charge in [-0.15, -0.1) is 0 Å². The number of hydrogen-bond donors (Lipinski definition) is 1. The lowest BCUT2D eigenvalue weighted by molar-refractivity contribution is 0.101. The minimum absolute atomic E-state index is 0.000324. The highest BCUT2D eigenvalue weighted by molar-refractivity contribution is 7.98. The maximum Gasteiger partial charge on any atom is 0.0568 e. The molecular formula is C10H20OS.